The van der Waals surface area contributed by atoms with Crippen molar-refractivity contribution in [1.82, 2.24) is 10.3 Å². The molecule has 0 aliphatic carbocycles. The molecule has 0 spiro atoms. The third kappa shape index (κ3) is 2.39. The fourth-order valence-electron chi connectivity index (χ4n) is 1.70. The minimum absolute atomic E-state index is 0.142. The average molecular weight is 238 g/mol. The molecule has 5 heteroatoms. The van der Waals surface area contributed by atoms with E-state index in [4.69, 9.17) is 9.15 Å². The summed E-state index contributed by atoms with van der Waals surface area (Å²) in [6.07, 6.45) is 2.44. The van der Waals surface area contributed by atoms with E-state index in [1.165, 1.54) is 7.11 Å². The van der Waals surface area contributed by atoms with Crippen molar-refractivity contribution < 1.29 is 13.5 Å². The summed E-state index contributed by atoms with van der Waals surface area (Å²) >= 11 is 0. The molecule has 92 valence electrons. The lowest BCUT2D eigenvalue weighted by Gasteiger charge is -2.02. The van der Waals surface area contributed by atoms with E-state index in [1.807, 2.05) is 6.92 Å². The number of furan rings is 1. The highest BCUT2D eigenvalue weighted by molar-refractivity contribution is 5.79. The second-order valence-corrected chi connectivity index (χ2v) is 3.70. The summed E-state index contributed by atoms with van der Waals surface area (Å²) in [4.78, 5) is 3.72. The van der Waals surface area contributed by atoms with Gasteiger partial charge in [-0.2, -0.15) is 9.37 Å². The first-order valence-electron chi connectivity index (χ1n) is 5.57. The van der Waals surface area contributed by atoms with Crippen LogP contribution < -0.4 is 10.1 Å². The highest BCUT2D eigenvalue weighted by Crippen LogP contribution is 2.26. The molecule has 0 radical (unpaired) electrons. The van der Waals surface area contributed by atoms with E-state index in [0.717, 1.165) is 30.5 Å². The van der Waals surface area contributed by atoms with Crippen molar-refractivity contribution in [3.8, 4) is 5.75 Å². The van der Waals surface area contributed by atoms with Gasteiger partial charge < -0.3 is 14.5 Å². The molecule has 4 nitrogen and oxygen atoms in total. The number of halogens is 1. The molecule has 0 unspecified atom stereocenters. The Balaban J connectivity index is 2.31. The zero-order chi connectivity index (χ0) is 12.3. The largest absolute Gasteiger partial charge is 0.492 e. The topological polar surface area (TPSA) is 47.3 Å². The van der Waals surface area contributed by atoms with Crippen molar-refractivity contribution in [1.29, 1.82) is 0 Å². The van der Waals surface area contributed by atoms with Gasteiger partial charge in [-0.05, 0) is 25.6 Å². The second kappa shape index (κ2) is 5.14. The number of nitrogens with one attached hydrogen (secondary N) is 1. The van der Waals surface area contributed by atoms with Gasteiger partial charge in [0.05, 0.1) is 13.4 Å². The number of methoxy groups -OCH3 is 1. The van der Waals surface area contributed by atoms with Crippen LogP contribution in [0.3, 0.4) is 0 Å². The number of nitrogens with zero attached hydrogens (tertiary/aromatic N) is 1. The Kier molecular flexibility index (Phi) is 3.58. The lowest BCUT2D eigenvalue weighted by molar-refractivity contribution is 0.378. The predicted octanol–water partition coefficient (Wildman–Crippen LogP) is 2.13. The molecule has 17 heavy (non-hydrogen) atoms. The van der Waals surface area contributed by atoms with Crippen LogP contribution in [-0.2, 0) is 6.42 Å². The molecule has 0 bridgehead atoms. The van der Waals surface area contributed by atoms with Crippen LogP contribution in [0, 0.1) is 5.95 Å². The first-order chi connectivity index (χ1) is 8.26. The number of ether oxygens (including phenoxy) is 1. The summed E-state index contributed by atoms with van der Waals surface area (Å²) in [5.41, 5.74) is 1.32. The van der Waals surface area contributed by atoms with Gasteiger partial charge in [-0.25, -0.2) is 0 Å². The standard InChI is InChI=1S/C12H15FN2O2/c1-3-14-5-4-8-7-17-12-9(8)6-10(16-2)11(13)15-12/h6-7,14H,3-5H2,1-2H3. The van der Waals surface area contributed by atoms with Crippen LogP contribution in [0.5, 0.6) is 5.75 Å². The molecular weight excluding hydrogens is 223 g/mol. The zero-order valence-corrected chi connectivity index (χ0v) is 9.92. The number of pyridine rings is 1. The van der Waals surface area contributed by atoms with Crippen LogP contribution in [0.15, 0.2) is 16.7 Å². The van der Waals surface area contributed by atoms with Gasteiger partial charge in [-0.1, -0.05) is 6.92 Å². The number of rotatable bonds is 5. The lowest BCUT2D eigenvalue weighted by Crippen LogP contribution is -2.15. The van der Waals surface area contributed by atoms with E-state index in [0.29, 0.717) is 5.71 Å². The second-order valence-electron chi connectivity index (χ2n) is 3.70. The van der Waals surface area contributed by atoms with Gasteiger partial charge in [-0.15, -0.1) is 0 Å². The maximum absolute atomic E-state index is 13.3. The first kappa shape index (κ1) is 11.9. The van der Waals surface area contributed by atoms with Gasteiger partial charge >= 0.3 is 0 Å². The third-order valence-corrected chi connectivity index (χ3v) is 2.61. The molecular formula is C12H15FN2O2. The fourth-order valence-corrected chi connectivity index (χ4v) is 1.70. The Morgan fingerprint density at radius 2 is 2.35 bits per heavy atom. The minimum atomic E-state index is -0.646. The van der Waals surface area contributed by atoms with Gasteiger partial charge in [0.25, 0.3) is 5.95 Å². The van der Waals surface area contributed by atoms with Gasteiger partial charge in [0.2, 0.25) is 5.71 Å². The predicted molar refractivity (Wildman–Crippen MR) is 62.8 cm³/mol. The highest BCUT2D eigenvalue weighted by Gasteiger charge is 2.12. The van der Waals surface area contributed by atoms with Crippen molar-refractivity contribution in [2.45, 2.75) is 13.3 Å². The number of fused-ring (bicyclic) bond motifs is 1. The summed E-state index contributed by atoms with van der Waals surface area (Å²) in [5, 5.41) is 4.03. The van der Waals surface area contributed by atoms with Gasteiger partial charge in [-0.3, -0.25) is 0 Å². The molecule has 0 aliphatic heterocycles. The molecule has 1 N–H and O–H groups in total. The smallest absolute Gasteiger partial charge is 0.258 e. The Bertz CT molecular complexity index is 510. The van der Waals surface area contributed by atoms with Crippen LogP contribution in [0.4, 0.5) is 4.39 Å². The van der Waals surface area contributed by atoms with E-state index in [1.54, 1.807) is 12.3 Å². The van der Waals surface area contributed by atoms with Crippen molar-refractivity contribution in [2.75, 3.05) is 20.2 Å². The number of hydrogen-bond donors (Lipinski definition) is 1. The highest BCUT2D eigenvalue weighted by atomic mass is 19.1. The van der Waals surface area contributed by atoms with Crippen molar-refractivity contribution in [2.24, 2.45) is 0 Å². The molecule has 0 saturated heterocycles. The molecule has 0 atom stereocenters. The minimum Gasteiger partial charge on any atom is -0.492 e. The Hall–Kier alpha value is -1.62. The normalized spacial score (nSPS) is 11.0. The van der Waals surface area contributed by atoms with Gasteiger partial charge in [0, 0.05) is 10.9 Å². The molecule has 0 aliphatic rings. The first-order valence-corrected chi connectivity index (χ1v) is 5.57. The van der Waals surface area contributed by atoms with E-state index in [2.05, 4.69) is 10.3 Å². The monoisotopic (exact) mass is 238 g/mol. The maximum Gasteiger partial charge on any atom is 0.258 e. The summed E-state index contributed by atoms with van der Waals surface area (Å²) in [5.74, 6) is -0.504. The van der Waals surface area contributed by atoms with E-state index < -0.39 is 5.95 Å². The molecule has 0 aromatic carbocycles. The van der Waals surface area contributed by atoms with Crippen LogP contribution in [0.1, 0.15) is 12.5 Å². The van der Waals surface area contributed by atoms with Crippen LogP contribution in [0.2, 0.25) is 0 Å². The molecule has 0 amide bonds. The van der Waals surface area contributed by atoms with Crippen LogP contribution in [-0.4, -0.2) is 25.2 Å². The van der Waals surface area contributed by atoms with E-state index in [9.17, 15) is 4.39 Å². The summed E-state index contributed by atoms with van der Waals surface area (Å²) < 4.78 is 23.5. The molecule has 0 fully saturated rings. The third-order valence-electron chi connectivity index (χ3n) is 2.61. The Labute approximate surface area is 98.8 Å². The van der Waals surface area contributed by atoms with E-state index >= 15 is 0 Å². The zero-order valence-electron chi connectivity index (χ0n) is 9.92. The Morgan fingerprint density at radius 3 is 3.06 bits per heavy atom. The SMILES string of the molecule is CCNCCc1coc2nc(F)c(OC)cc12. The molecule has 2 aromatic rings. The summed E-state index contributed by atoms with van der Waals surface area (Å²) in [6.45, 7) is 3.82. The molecule has 2 aromatic heterocycles. The van der Waals surface area contributed by atoms with Gasteiger partial charge in [0.15, 0.2) is 5.75 Å². The molecule has 2 heterocycles. The van der Waals surface area contributed by atoms with E-state index in [-0.39, 0.29) is 5.75 Å². The lowest BCUT2D eigenvalue weighted by atomic mass is 10.1. The fraction of sp³-hybridized carbons (Fsp3) is 0.417. The number of hydrogen-bond acceptors (Lipinski definition) is 4. The molecule has 2 rings (SSSR count). The van der Waals surface area contributed by atoms with Crippen molar-refractivity contribution in [3.63, 3.8) is 0 Å². The summed E-state index contributed by atoms with van der Waals surface area (Å²) in [7, 11) is 1.42. The quantitative estimate of drug-likeness (QED) is 0.640. The van der Waals surface area contributed by atoms with Crippen LogP contribution >= 0.6 is 0 Å². The Morgan fingerprint density at radius 1 is 1.53 bits per heavy atom. The molecule has 0 saturated carbocycles. The number of aromatic nitrogens is 1. The van der Waals surface area contributed by atoms with Crippen LogP contribution in [0.25, 0.3) is 11.1 Å². The van der Waals surface area contributed by atoms with Crippen molar-refractivity contribution >= 4 is 11.1 Å². The summed E-state index contributed by atoms with van der Waals surface area (Å²) in [6, 6.07) is 1.63. The van der Waals surface area contributed by atoms with Crippen molar-refractivity contribution in [3.05, 3.63) is 23.8 Å². The van der Waals surface area contributed by atoms with Gasteiger partial charge in [0.1, 0.15) is 0 Å². The maximum atomic E-state index is 13.3. The number of likely N-dealkylation sites (N-methyl/N-ethyl adjacent to an activating group) is 1. The average Bonchev–Trinajstić information content (AvgIpc) is 2.71.